The predicted molar refractivity (Wildman–Crippen MR) is 193 cm³/mol. The first-order valence-electron chi connectivity index (χ1n) is 17.7. The number of methoxy groups -OCH3 is 1. The van der Waals surface area contributed by atoms with E-state index in [-0.39, 0.29) is 41.1 Å². The van der Waals surface area contributed by atoms with Gasteiger partial charge in [-0.25, -0.2) is 22.9 Å². The Balaban J connectivity index is 1.33. The van der Waals surface area contributed by atoms with Crippen molar-refractivity contribution in [2.24, 2.45) is 22.7 Å². The summed E-state index contributed by atoms with van der Waals surface area (Å²) in [6.45, 7) is 6.97. The van der Waals surface area contributed by atoms with Crippen LogP contribution in [0.2, 0.25) is 5.02 Å². The highest BCUT2D eigenvalue weighted by Crippen LogP contribution is 2.50. The van der Waals surface area contributed by atoms with E-state index in [2.05, 4.69) is 26.7 Å². The van der Waals surface area contributed by atoms with Gasteiger partial charge in [-0.05, 0) is 112 Å². The van der Waals surface area contributed by atoms with Crippen molar-refractivity contribution in [1.82, 2.24) is 4.72 Å². The molecule has 2 aliphatic carbocycles. The number of aliphatic imine (C=N–C) groups is 1. The maximum Gasteiger partial charge on any atom is 0.337 e. The third-order valence-electron chi connectivity index (χ3n) is 11.9. The average Bonchev–Trinajstić information content (AvgIpc) is 3.29. The Morgan fingerprint density at radius 2 is 1.94 bits per heavy atom. The molecule has 0 radical (unpaired) electrons. The van der Waals surface area contributed by atoms with Gasteiger partial charge in [0, 0.05) is 36.2 Å². The van der Waals surface area contributed by atoms with Gasteiger partial charge in [-0.15, -0.1) is 0 Å². The molecule has 2 bridgehead atoms. The van der Waals surface area contributed by atoms with Crippen molar-refractivity contribution in [2.75, 3.05) is 31.7 Å². The van der Waals surface area contributed by atoms with E-state index in [0.29, 0.717) is 42.8 Å². The monoisotopic (exact) mass is 723 g/mol. The number of nitrogens with zero attached hydrogens (tertiary/aromatic N) is 2. The van der Waals surface area contributed by atoms with Crippen LogP contribution in [-0.4, -0.2) is 69.9 Å². The lowest BCUT2D eigenvalue weighted by Gasteiger charge is -2.50. The number of hydrogen-bond acceptors (Lipinski definition) is 9. The minimum Gasteiger partial charge on any atom is -0.490 e. The fraction of sp³-hybridized carbons (Fsp3) is 0.553. The van der Waals surface area contributed by atoms with Gasteiger partial charge in [-0.1, -0.05) is 36.7 Å². The Hall–Kier alpha value is -3.41. The number of benzene rings is 2. The molecule has 0 saturated heterocycles. The smallest absolute Gasteiger partial charge is 0.337 e. The van der Waals surface area contributed by atoms with Crippen molar-refractivity contribution in [3.8, 4) is 5.75 Å². The Kier molecular flexibility index (Phi) is 9.31. The highest BCUT2D eigenvalue weighted by molar-refractivity contribution is 7.90. The van der Waals surface area contributed by atoms with E-state index in [1.165, 1.54) is 11.1 Å². The molecule has 3 heterocycles. The van der Waals surface area contributed by atoms with Crippen molar-refractivity contribution in [1.29, 1.82) is 0 Å². The number of halogens is 1. The summed E-state index contributed by atoms with van der Waals surface area (Å²) in [5.74, 6) is -0.0909. The van der Waals surface area contributed by atoms with Gasteiger partial charge in [0.25, 0.3) is 5.91 Å². The third kappa shape index (κ3) is 6.34. The molecule has 50 heavy (non-hydrogen) atoms. The number of esters is 1. The topological polar surface area (TPSA) is 124 Å². The Morgan fingerprint density at radius 3 is 2.66 bits per heavy atom. The number of carbonyl (C=O) groups excluding carboxylic acids is 2. The van der Waals surface area contributed by atoms with E-state index in [1.54, 1.807) is 39.2 Å². The molecule has 0 unspecified atom stereocenters. The van der Waals surface area contributed by atoms with Crippen LogP contribution in [0.1, 0.15) is 80.8 Å². The molecule has 1 amide bonds. The molecular weight excluding hydrogens is 678 g/mol. The first-order valence-corrected chi connectivity index (χ1v) is 19.6. The molecule has 7 rings (SSSR count). The average molecular weight is 724 g/mol. The summed E-state index contributed by atoms with van der Waals surface area (Å²) < 4.78 is 48.0. The highest BCUT2D eigenvalue weighted by Gasteiger charge is 2.50. The van der Waals surface area contributed by atoms with E-state index in [0.717, 1.165) is 37.8 Å². The van der Waals surface area contributed by atoms with Crippen LogP contribution in [0.25, 0.3) is 0 Å². The predicted octanol–water partition coefficient (Wildman–Crippen LogP) is 6.00. The molecule has 12 heteroatoms. The molecule has 2 aromatic rings. The number of carbonyl (C=O) groups is 2. The van der Waals surface area contributed by atoms with Crippen molar-refractivity contribution in [2.45, 2.75) is 88.0 Å². The van der Waals surface area contributed by atoms with Gasteiger partial charge >= 0.3 is 5.97 Å². The number of sulfonamides is 1. The molecule has 2 aromatic carbocycles. The lowest BCUT2D eigenvalue weighted by atomic mass is 9.63. The van der Waals surface area contributed by atoms with E-state index in [9.17, 15) is 18.0 Å². The number of cyclic esters (lactones) is 1. The maximum atomic E-state index is 13.6. The minimum atomic E-state index is -4.01. The number of anilines is 1. The number of hydrogen-bond donors (Lipinski definition) is 1. The molecule has 10 nitrogen and oxygen atoms in total. The van der Waals surface area contributed by atoms with Gasteiger partial charge in [0.15, 0.2) is 5.90 Å². The molecule has 0 aromatic heterocycles. The molecular formula is C38H46ClN3O7S. The van der Waals surface area contributed by atoms with E-state index < -0.39 is 32.8 Å². The van der Waals surface area contributed by atoms with E-state index >= 15 is 0 Å². The van der Waals surface area contributed by atoms with Gasteiger partial charge in [-0.2, -0.15) is 0 Å². The van der Waals surface area contributed by atoms with Gasteiger partial charge < -0.3 is 19.1 Å². The molecule has 7 atom stereocenters. The molecule has 1 fully saturated rings. The Morgan fingerprint density at radius 1 is 1.12 bits per heavy atom. The summed E-state index contributed by atoms with van der Waals surface area (Å²) in [6.07, 6.45) is 9.46. The zero-order valence-corrected chi connectivity index (χ0v) is 30.7. The second kappa shape index (κ2) is 13.3. The summed E-state index contributed by atoms with van der Waals surface area (Å²) in [6, 6.07) is 10.8. The lowest BCUT2D eigenvalue weighted by Crippen LogP contribution is -2.53. The number of aryl methyl sites for hydroxylation is 1. The van der Waals surface area contributed by atoms with Crippen LogP contribution in [0.4, 0.5) is 5.69 Å². The van der Waals surface area contributed by atoms with Gasteiger partial charge in [0.1, 0.15) is 11.8 Å². The molecule has 268 valence electrons. The summed E-state index contributed by atoms with van der Waals surface area (Å²) in [5, 5.41) is -0.134. The normalized spacial score (nSPS) is 34.2. The summed E-state index contributed by atoms with van der Waals surface area (Å²) in [4.78, 5) is 32.8. The van der Waals surface area contributed by atoms with Crippen LogP contribution in [-0.2, 0) is 36.1 Å². The first kappa shape index (κ1) is 35.0. The molecule has 5 aliphatic rings. The van der Waals surface area contributed by atoms with Gasteiger partial charge in [0.2, 0.25) is 10.0 Å². The van der Waals surface area contributed by atoms with Crippen LogP contribution in [0.5, 0.6) is 5.75 Å². The maximum absolute atomic E-state index is 13.6. The van der Waals surface area contributed by atoms with Crippen molar-refractivity contribution < 1.29 is 32.2 Å². The van der Waals surface area contributed by atoms with Crippen molar-refractivity contribution in [3.05, 3.63) is 70.3 Å². The largest absolute Gasteiger partial charge is 0.490 e. The third-order valence-corrected chi connectivity index (χ3v) is 14.1. The fourth-order valence-electron chi connectivity index (χ4n) is 8.65. The van der Waals surface area contributed by atoms with Crippen LogP contribution < -0.4 is 14.4 Å². The number of rotatable bonds is 3. The zero-order valence-electron chi connectivity index (χ0n) is 29.1. The molecule has 1 saturated carbocycles. The van der Waals surface area contributed by atoms with E-state index in [4.69, 9.17) is 25.8 Å². The number of amides is 1. The second-order valence-corrected chi connectivity index (χ2v) is 17.5. The molecule has 3 aliphatic heterocycles. The molecule has 1 N–H and O–H groups in total. The first-order chi connectivity index (χ1) is 23.8. The van der Waals surface area contributed by atoms with Crippen molar-refractivity contribution >= 4 is 45.1 Å². The van der Waals surface area contributed by atoms with E-state index in [1.807, 2.05) is 25.1 Å². The second-order valence-electron chi connectivity index (χ2n) is 15.0. The number of ether oxygens (including phenoxy) is 3. The van der Waals surface area contributed by atoms with Crippen LogP contribution in [0.3, 0.4) is 0 Å². The number of fused-ring (bicyclic) bond motifs is 4. The SMILES string of the molecule is CO[C@@]1(CC2=N[C@H](C)C(=O)O2)/C=C/C[C@H](C)[C@@H](C)S(=O)(=O)NC(=O)c2ccc3c(c2)N(C[C@@H]2CC[C@H]21)C[C@@]1(CCCc2cc(Cl)ccc21)CO3. The number of nitrogens with one attached hydrogen (secondary N) is 1. The molecule has 1 spiro atoms. The summed E-state index contributed by atoms with van der Waals surface area (Å²) >= 11 is 6.46. The summed E-state index contributed by atoms with van der Waals surface area (Å²) in [5.41, 5.74) is 2.32. The zero-order chi connectivity index (χ0) is 35.4. The quantitative estimate of drug-likeness (QED) is 0.302. The minimum absolute atomic E-state index is 0.0536. The fourth-order valence-corrected chi connectivity index (χ4v) is 10.1. The summed E-state index contributed by atoms with van der Waals surface area (Å²) in [7, 11) is -2.32. The van der Waals surface area contributed by atoms with Crippen LogP contribution in [0.15, 0.2) is 53.5 Å². The van der Waals surface area contributed by atoms with Crippen LogP contribution >= 0.6 is 11.6 Å². The number of allylic oxidation sites excluding steroid dienone is 1. The van der Waals surface area contributed by atoms with Gasteiger partial charge in [-0.3, -0.25) is 4.79 Å². The van der Waals surface area contributed by atoms with Crippen molar-refractivity contribution in [3.63, 3.8) is 0 Å². The standard InChI is InChI=1S/C38H46ClN3O7S/c1-23-7-5-16-38(47-4,19-34-40-24(2)36(44)49-34)31-12-9-28(31)20-42-21-37(15-6-8-26-17-29(39)11-13-30(26)37)22-48-33-14-10-27(18-32(33)42)35(43)41-50(45,46)25(23)3/h5,10-11,13-14,16-18,23-25,28,31H,6-9,12,15,19-22H2,1-4H3,(H,41,43)/b16-5+/t23-,24+,25+,28-,31+,37-,38+/m0/s1. The Bertz CT molecular complexity index is 1860. The van der Waals surface area contributed by atoms with Crippen LogP contribution in [0, 0.1) is 17.8 Å². The Labute approximate surface area is 299 Å². The highest BCUT2D eigenvalue weighted by atomic mass is 35.5. The van der Waals surface area contributed by atoms with Gasteiger partial charge in [0.05, 0.1) is 29.6 Å². The lowest BCUT2D eigenvalue weighted by molar-refractivity contribution is -0.135.